The molecule has 0 radical (unpaired) electrons. The number of nitrogens with zero attached hydrogens (tertiary/aromatic N) is 2. The van der Waals surface area contributed by atoms with Crippen molar-refractivity contribution in [3.05, 3.63) is 87.0 Å². The first-order valence-corrected chi connectivity index (χ1v) is 12.7. The van der Waals surface area contributed by atoms with Crippen LogP contribution in [0.2, 0.25) is 0 Å². The highest BCUT2D eigenvalue weighted by Gasteiger charge is 2.32. The van der Waals surface area contributed by atoms with Gasteiger partial charge in [-0.25, -0.2) is 9.38 Å². The van der Waals surface area contributed by atoms with Gasteiger partial charge in [0.05, 0.1) is 24.8 Å². The summed E-state index contributed by atoms with van der Waals surface area (Å²) in [6.07, 6.45) is 1.79. The van der Waals surface area contributed by atoms with Crippen LogP contribution in [-0.2, 0) is 11.4 Å². The van der Waals surface area contributed by atoms with Gasteiger partial charge in [0.1, 0.15) is 18.2 Å². The van der Waals surface area contributed by atoms with Crippen LogP contribution in [0.25, 0.3) is 6.08 Å². The highest BCUT2D eigenvalue weighted by molar-refractivity contribution is 9.10. The molecule has 0 N–H and O–H groups in total. The van der Waals surface area contributed by atoms with E-state index < -0.39 is 0 Å². The molecule has 0 bridgehead atoms. The van der Waals surface area contributed by atoms with E-state index in [1.54, 1.807) is 48.4 Å². The number of methoxy groups -OCH3 is 2. The van der Waals surface area contributed by atoms with Gasteiger partial charge in [0.25, 0.3) is 5.91 Å². The lowest BCUT2D eigenvalue weighted by atomic mass is 10.1. The summed E-state index contributed by atoms with van der Waals surface area (Å²) in [5.41, 5.74) is 1.91. The molecule has 3 aromatic rings. The van der Waals surface area contributed by atoms with Crippen LogP contribution in [0.3, 0.4) is 0 Å². The fourth-order valence-electron chi connectivity index (χ4n) is 3.48. The first-order chi connectivity index (χ1) is 17.4. The molecular formula is C27H24BrFN2O4S. The molecular weight excluding hydrogens is 547 g/mol. The third kappa shape index (κ3) is 5.74. The van der Waals surface area contributed by atoms with Crippen LogP contribution in [0, 0.1) is 5.82 Å². The van der Waals surface area contributed by atoms with Gasteiger partial charge >= 0.3 is 0 Å². The monoisotopic (exact) mass is 570 g/mol. The standard InChI is InChI=1S/C27H24BrFN2O4S/c1-4-31-26(32)25(36-27(31)30-19-9-11-20(33-2)12-10-19)14-18-13-23(34-3)24(15-21(18)28)35-16-17-7-5-6-8-22(17)29/h5-15H,4,16H2,1-3H3/b25-14+,30-27?. The number of benzene rings is 3. The maximum atomic E-state index is 14.0. The second kappa shape index (κ2) is 11.6. The largest absolute Gasteiger partial charge is 0.497 e. The fourth-order valence-corrected chi connectivity index (χ4v) is 4.97. The molecule has 1 aliphatic heterocycles. The molecule has 0 aliphatic carbocycles. The van der Waals surface area contributed by atoms with Crippen LogP contribution < -0.4 is 14.2 Å². The van der Waals surface area contributed by atoms with Crippen molar-refractivity contribution in [2.75, 3.05) is 20.8 Å². The zero-order valence-electron chi connectivity index (χ0n) is 20.0. The topological polar surface area (TPSA) is 60.4 Å². The van der Waals surface area contributed by atoms with Crippen LogP contribution in [0.4, 0.5) is 10.1 Å². The van der Waals surface area contributed by atoms with Crippen LogP contribution in [0.15, 0.2) is 75.0 Å². The molecule has 186 valence electrons. The van der Waals surface area contributed by atoms with Crippen molar-refractivity contribution in [2.45, 2.75) is 13.5 Å². The number of carbonyl (C=O) groups excluding carboxylic acids is 1. The van der Waals surface area contributed by atoms with Crippen molar-refractivity contribution < 1.29 is 23.4 Å². The summed E-state index contributed by atoms with van der Waals surface area (Å²) >= 11 is 4.87. The van der Waals surface area contributed by atoms with Crippen molar-refractivity contribution in [3.8, 4) is 17.2 Å². The van der Waals surface area contributed by atoms with E-state index in [-0.39, 0.29) is 18.3 Å². The third-order valence-electron chi connectivity index (χ3n) is 5.41. The van der Waals surface area contributed by atoms with Gasteiger partial charge in [0, 0.05) is 16.6 Å². The zero-order chi connectivity index (χ0) is 25.7. The van der Waals surface area contributed by atoms with Gasteiger partial charge in [-0.15, -0.1) is 0 Å². The third-order valence-corrected chi connectivity index (χ3v) is 7.11. The quantitative estimate of drug-likeness (QED) is 0.278. The summed E-state index contributed by atoms with van der Waals surface area (Å²) in [5.74, 6) is 1.21. The van der Waals surface area contributed by atoms with Gasteiger partial charge in [0.2, 0.25) is 0 Å². The first kappa shape index (κ1) is 25.8. The Labute approximate surface area is 221 Å². The Hall–Kier alpha value is -3.30. The van der Waals surface area contributed by atoms with E-state index in [4.69, 9.17) is 14.2 Å². The minimum absolute atomic E-state index is 0.0564. The predicted octanol–water partition coefficient (Wildman–Crippen LogP) is 6.81. The highest BCUT2D eigenvalue weighted by Crippen LogP contribution is 2.39. The Morgan fingerprint density at radius 1 is 1.06 bits per heavy atom. The van der Waals surface area contributed by atoms with E-state index in [1.807, 2.05) is 31.2 Å². The molecule has 1 amide bonds. The second-order valence-corrected chi connectivity index (χ2v) is 9.52. The molecule has 9 heteroatoms. The smallest absolute Gasteiger partial charge is 0.266 e. The van der Waals surface area contributed by atoms with Crippen LogP contribution in [-0.4, -0.2) is 36.7 Å². The molecule has 1 heterocycles. The lowest BCUT2D eigenvalue weighted by molar-refractivity contribution is -0.122. The van der Waals surface area contributed by atoms with E-state index in [1.165, 1.54) is 24.9 Å². The molecule has 1 saturated heterocycles. The van der Waals surface area contributed by atoms with E-state index in [0.29, 0.717) is 38.2 Å². The molecule has 0 unspecified atom stereocenters. The zero-order valence-corrected chi connectivity index (χ0v) is 22.4. The van der Waals surface area contributed by atoms with Gasteiger partial charge in [0.15, 0.2) is 16.7 Å². The number of halogens is 2. The normalized spacial score (nSPS) is 15.6. The van der Waals surface area contributed by atoms with Crippen LogP contribution in [0.5, 0.6) is 17.2 Å². The summed E-state index contributed by atoms with van der Waals surface area (Å²) in [6, 6.07) is 17.3. The molecule has 0 aromatic heterocycles. The Morgan fingerprint density at radius 3 is 2.47 bits per heavy atom. The minimum atomic E-state index is -0.332. The number of hydrogen-bond acceptors (Lipinski definition) is 6. The van der Waals surface area contributed by atoms with Crippen LogP contribution >= 0.6 is 27.7 Å². The molecule has 3 aromatic carbocycles. The fraction of sp³-hybridized carbons (Fsp3) is 0.185. The number of carbonyl (C=O) groups is 1. The van der Waals surface area contributed by atoms with Crippen molar-refractivity contribution in [1.82, 2.24) is 4.90 Å². The minimum Gasteiger partial charge on any atom is -0.497 e. The second-order valence-electron chi connectivity index (χ2n) is 7.66. The molecule has 1 aliphatic rings. The first-order valence-electron chi connectivity index (χ1n) is 11.1. The van der Waals surface area contributed by atoms with E-state index in [9.17, 15) is 9.18 Å². The molecule has 6 nitrogen and oxygen atoms in total. The number of likely N-dealkylation sites (N-methyl/N-ethyl adjacent to an activating group) is 1. The predicted molar refractivity (Wildman–Crippen MR) is 144 cm³/mol. The Kier molecular flexibility index (Phi) is 8.32. The van der Waals surface area contributed by atoms with Crippen molar-refractivity contribution in [3.63, 3.8) is 0 Å². The SMILES string of the molecule is CCN1C(=O)/C(=C\c2cc(OC)c(OCc3ccccc3F)cc2Br)SC1=Nc1ccc(OC)cc1. The molecule has 0 spiro atoms. The van der Waals surface area contributed by atoms with Gasteiger partial charge in [-0.2, -0.15) is 0 Å². The summed E-state index contributed by atoms with van der Waals surface area (Å²) in [7, 11) is 3.14. The Bertz CT molecular complexity index is 1330. The maximum Gasteiger partial charge on any atom is 0.266 e. The van der Waals surface area contributed by atoms with E-state index >= 15 is 0 Å². The lowest BCUT2D eigenvalue weighted by Gasteiger charge is -2.13. The van der Waals surface area contributed by atoms with Crippen molar-refractivity contribution >= 4 is 50.5 Å². The number of amides is 1. The number of rotatable bonds is 8. The molecule has 4 rings (SSSR count). The maximum absolute atomic E-state index is 14.0. The van der Waals surface area contributed by atoms with Crippen molar-refractivity contribution in [1.29, 1.82) is 0 Å². The molecule has 1 fully saturated rings. The lowest BCUT2D eigenvalue weighted by Crippen LogP contribution is -2.28. The Balaban J connectivity index is 1.59. The number of thioether (sulfide) groups is 1. The van der Waals surface area contributed by atoms with E-state index in [2.05, 4.69) is 20.9 Å². The number of amidine groups is 1. The van der Waals surface area contributed by atoms with Gasteiger partial charge in [-0.05, 0) is 72.8 Å². The average Bonchev–Trinajstić information content (AvgIpc) is 3.18. The molecule has 0 atom stereocenters. The number of hydrogen-bond donors (Lipinski definition) is 0. The molecule has 0 saturated carbocycles. The van der Waals surface area contributed by atoms with Crippen molar-refractivity contribution in [2.24, 2.45) is 4.99 Å². The Morgan fingerprint density at radius 2 is 1.81 bits per heavy atom. The summed E-state index contributed by atoms with van der Waals surface area (Å²) in [6.45, 7) is 2.46. The van der Waals surface area contributed by atoms with Crippen LogP contribution in [0.1, 0.15) is 18.1 Å². The summed E-state index contributed by atoms with van der Waals surface area (Å²) in [5, 5.41) is 0.604. The average molecular weight is 571 g/mol. The van der Waals surface area contributed by atoms with Gasteiger partial charge in [-0.3, -0.25) is 9.69 Å². The van der Waals surface area contributed by atoms with Gasteiger partial charge < -0.3 is 14.2 Å². The molecule has 36 heavy (non-hydrogen) atoms. The number of ether oxygens (including phenoxy) is 3. The summed E-state index contributed by atoms with van der Waals surface area (Å²) in [4.78, 5) is 19.9. The van der Waals surface area contributed by atoms with Gasteiger partial charge in [-0.1, -0.05) is 34.1 Å². The highest BCUT2D eigenvalue weighted by atomic mass is 79.9. The summed E-state index contributed by atoms with van der Waals surface area (Å²) < 4.78 is 31.2. The number of aliphatic imine (C=N–C) groups is 1. The van der Waals surface area contributed by atoms with E-state index in [0.717, 1.165) is 17.0 Å².